The first-order chi connectivity index (χ1) is 10.0. The van der Waals surface area contributed by atoms with Gasteiger partial charge in [-0.25, -0.2) is 0 Å². The second-order valence-corrected chi connectivity index (χ2v) is 4.82. The molecule has 1 amide bonds. The molecule has 0 aliphatic rings. The molecule has 116 valence electrons. The predicted octanol–water partition coefficient (Wildman–Crippen LogP) is 2.15. The van der Waals surface area contributed by atoms with Crippen LogP contribution in [0.4, 0.5) is 5.69 Å². The van der Waals surface area contributed by atoms with E-state index in [0.717, 1.165) is 0 Å². The Hall–Kier alpha value is -2.08. The number of ether oxygens (including phenoxy) is 2. The van der Waals surface area contributed by atoms with E-state index in [2.05, 4.69) is 5.32 Å². The first-order valence-corrected chi connectivity index (χ1v) is 6.74. The smallest absolute Gasteiger partial charge is 0.303 e. The Morgan fingerprint density at radius 3 is 2.43 bits per heavy atom. The van der Waals surface area contributed by atoms with Gasteiger partial charge >= 0.3 is 5.97 Å². The average molecular weight is 295 g/mol. The van der Waals surface area contributed by atoms with Crippen LogP contribution in [0.15, 0.2) is 24.3 Å². The Bertz CT molecular complexity index is 458. The number of hydrogen-bond acceptors (Lipinski definition) is 4. The summed E-state index contributed by atoms with van der Waals surface area (Å²) in [6.45, 7) is 2.72. The van der Waals surface area contributed by atoms with Crippen LogP contribution in [-0.4, -0.2) is 37.3 Å². The molecule has 0 saturated carbocycles. The molecule has 1 aromatic carbocycles. The number of amides is 1. The lowest BCUT2D eigenvalue weighted by atomic mass is 10.0. The third-order valence-corrected chi connectivity index (χ3v) is 2.75. The molecule has 1 atom stereocenters. The van der Waals surface area contributed by atoms with Crippen LogP contribution in [0.25, 0.3) is 0 Å². The molecule has 0 bridgehead atoms. The van der Waals surface area contributed by atoms with Gasteiger partial charge < -0.3 is 19.9 Å². The molecule has 21 heavy (non-hydrogen) atoms. The molecule has 0 heterocycles. The minimum atomic E-state index is -0.895. The monoisotopic (exact) mass is 295 g/mol. The maximum absolute atomic E-state index is 11.7. The zero-order chi connectivity index (χ0) is 15.7. The second-order valence-electron chi connectivity index (χ2n) is 4.82. The van der Waals surface area contributed by atoms with E-state index >= 15 is 0 Å². The molecule has 2 N–H and O–H groups in total. The number of aliphatic carboxylic acids is 1. The van der Waals surface area contributed by atoms with Gasteiger partial charge in [0.1, 0.15) is 12.4 Å². The lowest BCUT2D eigenvalue weighted by molar-refractivity contribution is -0.138. The van der Waals surface area contributed by atoms with Crippen LogP contribution < -0.4 is 10.1 Å². The SMILES string of the molecule is COCCOc1ccc(NC(=O)CC(C)CC(=O)O)cc1. The topological polar surface area (TPSA) is 84.9 Å². The van der Waals surface area contributed by atoms with E-state index in [-0.39, 0.29) is 24.7 Å². The van der Waals surface area contributed by atoms with Gasteiger partial charge in [0, 0.05) is 25.6 Å². The van der Waals surface area contributed by atoms with Crippen molar-refractivity contribution in [2.75, 3.05) is 25.6 Å². The quantitative estimate of drug-likeness (QED) is 0.682. The van der Waals surface area contributed by atoms with E-state index in [1.54, 1.807) is 38.3 Å². The molecule has 0 saturated heterocycles. The van der Waals surface area contributed by atoms with Gasteiger partial charge in [-0.1, -0.05) is 6.92 Å². The molecule has 0 aromatic heterocycles. The highest BCUT2D eigenvalue weighted by Gasteiger charge is 2.12. The summed E-state index contributed by atoms with van der Waals surface area (Å²) in [5.41, 5.74) is 0.654. The molecular weight excluding hydrogens is 274 g/mol. The van der Waals surface area contributed by atoms with E-state index in [4.69, 9.17) is 14.6 Å². The van der Waals surface area contributed by atoms with Crippen molar-refractivity contribution in [2.24, 2.45) is 5.92 Å². The zero-order valence-corrected chi connectivity index (χ0v) is 12.3. The molecule has 1 aromatic rings. The Balaban J connectivity index is 2.40. The number of hydrogen-bond donors (Lipinski definition) is 2. The second kappa shape index (κ2) is 8.97. The molecule has 0 fully saturated rings. The van der Waals surface area contributed by atoms with Crippen LogP contribution in [-0.2, 0) is 14.3 Å². The van der Waals surface area contributed by atoms with Crippen molar-refractivity contribution in [1.82, 2.24) is 0 Å². The summed E-state index contributed by atoms with van der Waals surface area (Å²) in [7, 11) is 1.60. The Labute approximate surface area is 124 Å². The molecule has 6 heteroatoms. The van der Waals surface area contributed by atoms with Crippen molar-refractivity contribution in [3.8, 4) is 5.75 Å². The van der Waals surface area contributed by atoms with E-state index in [9.17, 15) is 9.59 Å². The minimum Gasteiger partial charge on any atom is -0.491 e. The van der Waals surface area contributed by atoms with Crippen molar-refractivity contribution < 1.29 is 24.2 Å². The van der Waals surface area contributed by atoms with Gasteiger partial charge in [-0.15, -0.1) is 0 Å². The zero-order valence-electron chi connectivity index (χ0n) is 12.3. The van der Waals surface area contributed by atoms with Crippen molar-refractivity contribution >= 4 is 17.6 Å². The van der Waals surface area contributed by atoms with Crippen LogP contribution in [0, 0.1) is 5.92 Å². The van der Waals surface area contributed by atoms with Crippen LogP contribution in [0.1, 0.15) is 19.8 Å². The van der Waals surface area contributed by atoms with Gasteiger partial charge in [-0.3, -0.25) is 9.59 Å². The van der Waals surface area contributed by atoms with Crippen molar-refractivity contribution in [3.63, 3.8) is 0 Å². The summed E-state index contributed by atoms with van der Waals surface area (Å²) < 4.78 is 10.3. The molecule has 0 aliphatic heterocycles. The van der Waals surface area contributed by atoms with E-state index < -0.39 is 5.97 Å². The van der Waals surface area contributed by atoms with Crippen LogP contribution in [0.5, 0.6) is 5.75 Å². The molecule has 0 aliphatic carbocycles. The third kappa shape index (κ3) is 7.31. The summed E-state index contributed by atoms with van der Waals surface area (Å²) in [5.74, 6) is -0.590. The average Bonchev–Trinajstić information content (AvgIpc) is 2.39. The summed E-state index contributed by atoms with van der Waals surface area (Å²) in [6.07, 6.45) is 0.165. The number of nitrogens with one attached hydrogen (secondary N) is 1. The van der Waals surface area contributed by atoms with Crippen molar-refractivity contribution in [2.45, 2.75) is 19.8 Å². The fraction of sp³-hybridized carbons (Fsp3) is 0.467. The third-order valence-electron chi connectivity index (χ3n) is 2.75. The number of carbonyl (C=O) groups excluding carboxylic acids is 1. The van der Waals surface area contributed by atoms with E-state index in [1.807, 2.05) is 0 Å². The lowest BCUT2D eigenvalue weighted by Gasteiger charge is -2.10. The van der Waals surface area contributed by atoms with Crippen molar-refractivity contribution in [1.29, 1.82) is 0 Å². The highest BCUT2D eigenvalue weighted by molar-refractivity contribution is 5.91. The summed E-state index contributed by atoms with van der Waals surface area (Å²) >= 11 is 0. The maximum Gasteiger partial charge on any atom is 0.303 e. The normalized spacial score (nSPS) is 11.7. The fourth-order valence-electron chi connectivity index (χ4n) is 1.78. The molecule has 0 spiro atoms. The molecule has 1 unspecified atom stereocenters. The summed E-state index contributed by atoms with van der Waals surface area (Å²) in [6, 6.07) is 6.99. The molecule has 6 nitrogen and oxygen atoms in total. The predicted molar refractivity (Wildman–Crippen MR) is 78.5 cm³/mol. The fourth-order valence-corrected chi connectivity index (χ4v) is 1.78. The van der Waals surface area contributed by atoms with Gasteiger partial charge in [0.25, 0.3) is 0 Å². The molecule has 1 rings (SSSR count). The highest BCUT2D eigenvalue weighted by atomic mass is 16.5. The number of anilines is 1. The number of carbonyl (C=O) groups is 2. The van der Waals surface area contributed by atoms with Crippen molar-refractivity contribution in [3.05, 3.63) is 24.3 Å². The van der Waals surface area contributed by atoms with Crippen LogP contribution in [0.2, 0.25) is 0 Å². The van der Waals surface area contributed by atoms with Crippen LogP contribution >= 0.6 is 0 Å². The van der Waals surface area contributed by atoms with E-state index in [0.29, 0.717) is 24.7 Å². The largest absolute Gasteiger partial charge is 0.491 e. The number of carboxylic acid groups (broad SMARTS) is 1. The summed E-state index contributed by atoms with van der Waals surface area (Å²) in [5, 5.41) is 11.4. The maximum atomic E-state index is 11.7. The number of rotatable bonds is 9. The van der Waals surface area contributed by atoms with Gasteiger partial charge in [0.15, 0.2) is 0 Å². The van der Waals surface area contributed by atoms with E-state index in [1.165, 1.54) is 0 Å². The number of benzene rings is 1. The Kier molecular flexibility index (Phi) is 7.25. The first kappa shape index (κ1) is 17.0. The number of methoxy groups -OCH3 is 1. The minimum absolute atomic E-state index is 0.0142. The number of carboxylic acids is 1. The van der Waals surface area contributed by atoms with Gasteiger partial charge in [-0.2, -0.15) is 0 Å². The Morgan fingerprint density at radius 1 is 1.19 bits per heavy atom. The van der Waals surface area contributed by atoms with Gasteiger partial charge in [-0.05, 0) is 30.2 Å². The lowest BCUT2D eigenvalue weighted by Crippen LogP contribution is -2.16. The first-order valence-electron chi connectivity index (χ1n) is 6.74. The Morgan fingerprint density at radius 2 is 1.86 bits per heavy atom. The van der Waals surface area contributed by atoms with Crippen LogP contribution in [0.3, 0.4) is 0 Å². The molecular formula is C15H21NO5. The highest BCUT2D eigenvalue weighted by Crippen LogP contribution is 2.17. The summed E-state index contributed by atoms with van der Waals surface area (Å²) in [4.78, 5) is 22.3. The van der Waals surface area contributed by atoms with Gasteiger partial charge in [0.2, 0.25) is 5.91 Å². The molecule has 0 radical (unpaired) electrons. The standard InChI is InChI=1S/C15H21NO5/c1-11(10-15(18)19)9-14(17)16-12-3-5-13(6-4-12)21-8-7-20-2/h3-6,11H,7-10H2,1-2H3,(H,16,17)(H,18,19). The van der Waals surface area contributed by atoms with Gasteiger partial charge in [0.05, 0.1) is 6.61 Å².